The molecule has 7 rings (SSSR count). The molecule has 46 heavy (non-hydrogen) atoms. The van der Waals surface area contributed by atoms with Crippen molar-refractivity contribution >= 4 is 45.3 Å². The smallest absolute Gasteiger partial charge is 0.349 e. The van der Waals surface area contributed by atoms with Crippen molar-refractivity contribution in [2.24, 2.45) is 7.05 Å². The van der Waals surface area contributed by atoms with Crippen LogP contribution in [0.3, 0.4) is 0 Å². The number of benzene rings is 2. The Morgan fingerprint density at radius 1 is 1.09 bits per heavy atom. The number of nitrogens with zero attached hydrogens (tertiary/aromatic N) is 8. The molecule has 2 saturated heterocycles. The van der Waals surface area contributed by atoms with Gasteiger partial charge in [0.1, 0.15) is 11.6 Å². The highest BCUT2D eigenvalue weighted by Crippen LogP contribution is 2.47. The molecule has 1 amide bonds. The van der Waals surface area contributed by atoms with Crippen LogP contribution in [0.5, 0.6) is 0 Å². The molecule has 0 spiro atoms. The van der Waals surface area contributed by atoms with Gasteiger partial charge in [0.15, 0.2) is 0 Å². The lowest BCUT2D eigenvalue weighted by Gasteiger charge is -2.45. The maximum atomic E-state index is 14.9. The largest absolute Gasteiger partial charge is 0.350 e. The van der Waals surface area contributed by atoms with Crippen LogP contribution in [0.25, 0.3) is 32.9 Å². The summed E-state index contributed by atoms with van der Waals surface area (Å²) in [5.41, 5.74) is 4.27. The van der Waals surface area contributed by atoms with Crippen LogP contribution in [0.2, 0.25) is 0 Å². The van der Waals surface area contributed by atoms with E-state index in [0.717, 1.165) is 76.5 Å². The zero-order valence-electron chi connectivity index (χ0n) is 27.2. The Bertz CT molecular complexity index is 1930. The maximum Gasteiger partial charge on any atom is 0.350 e. The SMILES string of the molecule is C=CC(=O)N1C[C@H](C)N(c2nc(=O)n3c4c(c(-c5ccc(F)c6cnn(C)c56)c(C)cc24)SCC3CN2CCN(C)CC2)C[C@H]1C. The zero-order valence-corrected chi connectivity index (χ0v) is 28.0. The first kappa shape index (κ1) is 30.9. The molecule has 2 aromatic carbocycles. The minimum absolute atomic E-state index is 0.0450. The average molecular weight is 645 g/mol. The van der Waals surface area contributed by atoms with Gasteiger partial charge >= 0.3 is 5.69 Å². The van der Waals surface area contributed by atoms with Crippen LogP contribution in [-0.2, 0) is 11.8 Å². The van der Waals surface area contributed by atoms with E-state index in [2.05, 4.69) is 53.3 Å². The zero-order chi connectivity index (χ0) is 32.4. The van der Waals surface area contributed by atoms with Gasteiger partial charge in [-0.3, -0.25) is 18.9 Å². The van der Waals surface area contributed by atoms with Crippen LogP contribution in [0, 0.1) is 12.7 Å². The summed E-state index contributed by atoms with van der Waals surface area (Å²) in [6, 6.07) is 5.32. The number of anilines is 1. The van der Waals surface area contributed by atoms with E-state index in [0.29, 0.717) is 24.3 Å². The number of aromatic nitrogens is 4. The first-order valence-electron chi connectivity index (χ1n) is 16.0. The fourth-order valence-corrected chi connectivity index (χ4v) is 8.92. The van der Waals surface area contributed by atoms with Gasteiger partial charge in [0.25, 0.3) is 0 Å². The predicted molar refractivity (Wildman–Crippen MR) is 182 cm³/mol. The topological polar surface area (TPSA) is 82.7 Å². The number of carbonyl (C=O) groups excluding carboxylic acids is 1. The third-order valence-electron chi connectivity index (χ3n) is 10.0. The van der Waals surface area contributed by atoms with Crippen molar-refractivity contribution in [1.82, 2.24) is 34.0 Å². The number of thioether (sulfide) groups is 1. The lowest BCUT2D eigenvalue weighted by Crippen LogP contribution is -2.58. The Labute approximate surface area is 272 Å². The lowest BCUT2D eigenvalue weighted by molar-refractivity contribution is -0.128. The molecule has 2 aromatic heterocycles. The molecule has 10 nitrogen and oxygen atoms in total. The molecule has 4 aromatic rings. The maximum absolute atomic E-state index is 14.9. The van der Waals surface area contributed by atoms with Gasteiger partial charge < -0.3 is 14.7 Å². The van der Waals surface area contributed by atoms with Gasteiger partial charge in [-0.25, -0.2) is 9.18 Å². The molecule has 0 bridgehead atoms. The van der Waals surface area contributed by atoms with Gasteiger partial charge in [0.05, 0.1) is 28.7 Å². The molecule has 0 aliphatic carbocycles. The Hall–Kier alpha value is -3.74. The molecule has 1 unspecified atom stereocenters. The van der Waals surface area contributed by atoms with Crippen molar-refractivity contribution in [3.63, 3.8) is 0 Å². The van der Waals surface area contributed by atoms with Gasteiger partial charge in [-0.15, -0.1) is 11.8 Å². The van der Waals surface area contributed by atoms with Gasteiger partial charge in [-0.2, -0.15) is 10.1 Å². The van der Waals surface area contributed by atoms with E-state index >= 15 is 0 Å². The molecule has 3 aliphatic heterocycles. The van der Waals surface area contributed by atoms with E-state index in [1.165, 1.54) is 12.1 Å². The van der Waals surface area contributed by atoms with Gasteiger partial charge in [0.2, 0.25) is 5.91 Å². The standard InChI is InChI=1S/C34H41FN8O2S/c1-7-28(44)41-16-22(4)42(17-21(41)3)33-25-14-20(2)29(24-8-9-27(35)26-15-36-39(6)30(24)26)32-31(25)43(34(45)37-33)23(19-46-32)18-40-12-10-38(5)11-13-40/h7-9,14-15,21-23H,1,10-13,16-19H2,2-6H3/t21-,22+,23?/m1/s1. The Balaban J connectivity index is 1.43. The highest BCUT2D eigenvalue weighted by molar-refractivity contribution is 7.99. The van der Waals surface area contributed by atoms with Crippen molar-refractivity contribution in [1.29, 1.82) is 0 Å². The third kappa shape index (κ3) is 5.01. The van der Waals surface area contributed by atoms with Gasteiger partial charge in [-0.1, -0.05) is 6.58 Å². The normalized spacial score (nSPS) is 22.6. The lowest BCUT2D eigenvalue weighted by atomic mass is 9.95. The number of hydrogen-bond acceptors (Lipinski definition) is 8. The summed E-state index contributed by atoms with van der Waals surface area (Å²) in [6.07, 6.45) is 2.94. The first-order chi connectivity index (χ1) is 22.1. The second-order valence-corrected chi connectivity index (χ2v) is 14.2. The Kier molecular flexibility index (Phi) is 7.93. The van der Waals surface area contributed by atoms with Crippen LogP contribution in [0.15, 0.2) is 46.7 Å². The van der Waals surface area contributed by atoms with E-state index in [1.54, 1.807) is 22.6 Å². The first-order valence-corrected chi connectivity index (χ1v) is 17.0. The van der Waals surface area contributed by atoms with Crippen LogP contribution in [-0.4, -0.2) is 111 Å². The number of aryl methyl sites for hydroxylation is 2. The van der Waals surface area contributed by atoms with Crippen LogP contribution in [0.1, 0.15) is 25.5 Å². The Morgan fingerprint density at radius 2 is 1.85 bits per heavy atom. The van der Waals surface area contributed by atoms with Gasteiger partial charge in [-0.05, 0) is 57.7 Å². The number of likely N-dealkylation sites (N-methyl/N-ethyl adjacent to an activating group) is 1. The van der Waals surface area contributed by atoms with E-state index in [1.807, 2.05) is 29.5 Å². The fourth-order valence-electron chi connectivity index (χ4n) is 7.54. The van der Waals surface area contributed by atoms with Gasteiger partial charge in [0, 0.05) is 92.1 Å². The molecule has 0 N–H and O–H groups in total. The minimum Gasteiger partial charge on any atom is -0.349 e. The molecule has 12 heteroatoms. The summed E-state index contributed by atoms with van der Waals surface area (Å²) in [7, 11) is 3.98. The minimum atomic E-state index is -0.306. The number of halogens is 1. The summed E-state index contributed by atoms with van der Waals surface area (Å²) in [5, 5.41) is 5.79. The van der Waals surface area contributed by atoms with E-state index in [-0.39, 0.29) is 35.5 Å². The molecular formula is C34H41FN8O2S. The second kappa shape index (κ2) is 11.8. The number of piperazine rings is 2. The van der Waals surface area contributed by atoms with Crippen LogP contribution < -0.4 is 10.6 Å². The molecule has 3 atom stereocenters. The fraction of sp³-hybridized carbons (Fsp3) is 0.471. The monoisotopic (exact) mass is 644 g/mol. The molecule has 0 radical (unpaired) electrons. The summed E-state index contributed by atoms with van der Waals surface area (Å²) < 4.78 is 18.6. The summed E-state index contributed by atoms with van der Waals surface area (Å²) in [4.78, 5) is 41.5. The number of fused-ring (bicyclic) bond motifs is 1. The number of amides is 1. The molecule has 242 valence electrons. The molecular weight excluding hydrogens is 603 g/mol. The van der Waals surface area contributed by atoms with Crippen molar-refractivity contribution < 1.29 is 9.18 Å². The number of rotatable bonds is 5. The highest BCUT2D eigenvalue weighted by atomic mass is 32.2. The second-order valence-electron chi connectivity index (χ2n) is 13.1. The Morgan fingerprint density at radius 3 is 2.59 bits per heavy atom. The number of hydrogen-bond donors (Lipinski definition) is 0. The van der Waals surface area contributed by atoms with E-state index in [4.69, 9.17) is 4.98 Å². The van der Waals surface area contributed by atoms with E-state index in [9.17, 15) is 14.0 Å². The van der Waals surface area contributed by atoms with Crippen molar-refractivity contribution in [3.05, 3.63) is 58.9 Å². The summed E-state index contributed by atoms with van der Waals surface area (Å²) >= 11 is 1.78. The average Bonchev–Trinajstić information content (AvgIpc) is 3.44. The molecule has 3 aliphatic rings. The number of carbonyl (C=O) groups is 1. The van der Waals surface area contributed by atoms with Crippen LogP contribution in [0.4, 0.5) is 10.2 Å². The highest BCUT2D eigenvalue weighted by Gasteiger charge is 2.36. The molecule has 2 fully saturated rings. The van der Waals surface area contributed by atoms with Crippen molar-refractivity contribution in [2.75, 3.05) is 63.5 Å². The summed E-state index contributed by atoms with van der Waals surface area (Å²) in [5.74, 6) is 0.993. The molecule has 5 heterocycles. The van der Waals surface area contributed by atoms with Crippen LogP contribution >= 0.6 is 11.8 Å². The molecule has 0 saturated carbocycles. The predicted octanol–water partition coefficient (Wildman–Crippen LogP) is 3.90. The van der Waals surface area contributed by atoms with Crippen molar-refractivity contribution in [2.45, 2.75) is 43.8 Å². The van der Waals surface area contributed by atoms with E-state index < -0.39 is 0 Å². The third-order valence-corrected chi connectivity index (χ3v) is 11.3. The quantitative estimate of drug-likeness (QED) is 0.303. The van der Waals surface area contributed by atoms with Crippen molar-refractivity contribution in [3.8, 4) is 11.1 Å². The summed E-state index contributed by atoms with van der Waals surface area (Å²) in [6.45, 7) is 15.6.